The van der Waals surface area contributed by atoms with E-state index >= 15 is 0 Å². The summed E-state index contributed by atoms with van der Waals surface area (Å²) in [6.45, 7) is 0. The highest BCUT2D eigenvalue weighted by Crippen LogP contribution is 2.41. The first-order chi connectivity index (χ1) is 12.2. The molecule has 0 saturated heterocycles. The molecule has 4 rings (SSSR count). The van der Waals surface area contributed by atoms with Crippen molar-refractivity contribution in [2.75, 3.05) is 12.8 Å². The summed E-state index contributed by atoms with van der Waals surface area (Å²) in [7, 11) is 1.25. The highest BCUT2D eigenvalue weighted by Gasteiger charge is 2.21. The molecule has 0 saturated carbocycles. The minimum Gasteiger partial charge on any atom is -0.437 e. The Morgan fingerprint density at radius 3 is 2.56 bits per heavy atom. The Bertz CT molecular complexity index is 1090. The van der Waals surface area contributed by atoms with E-state index in [2.05, 4.69) is 14.7 Å². The number of pyridine rings is 1. The number of carbonyl (C=O) groups excluding carboxylic acids is 1. The number of carbonyl (C=O) groups is 1. The summed E-state index contributed by atoms with van der Waals surface area (Å²) in [6.07, 6.45) is -0.843. The molecule has 6 heteroatoms. The molecule has 0 amide bonds. The fraction of sp³-hybridized carbons (Fsp3) is 0.0526. The molecule has 4 aromatic rings. The van der Waals surface area contributed by atoms with Crippen molar-refractivity contribution in [2.24, 2.45) is 0 Å². The number of nitrogen functional groups attached to an aromatic ring is 1. The van der Waals surface area contributed by atoms with Crippen LogP contribution in [0.2, 0.25) is 0 Å². The van der Waals surface area contributed by atoms with Crippen LogP contribution in [-0.2, 0) is 4.74 Å². The van der Waals surface area contributed by atoms with Crippen molar-refractivity contribution >= 4 is 33.8 Å². The molecule has 0 fully saturated rings. The van der Waals surface area contributed by atoms with Crippen molar-refractivity contribution in [3.63, 3.8) is 0 Å². The molecule has 0 atom stereocenters. The van der Waals surface area contributed by atoms with Crippen LogP contribution < -0.4 is 10.5 Å². The lowest BCUT2D eigenvalue weighted by atomic mass is 10.1. The molecule has 0 unspecified atom stereocenters. The van der Waals surface area contributed by atoms with Crippen LogP contribution in [0.1, 0.15) is 0 Å². The lowest BCUT2D eigenvalue weighted by Gasteiger charge is -2.12. The number of para-hydroxylation sites is 1. The Kier molecular flexibility index (Phi) is 3.50. The Morgan fingerprint density at radius 2 is 1.80 bits per heavy atom. The smallest absolute Gasteiger partial charge is 0.437 e. The summed E-state index contributed by atoms with van der Waals surface area (Å²) >= 11 is 0. The zero-order chi connectivity index (χ0) is 17.4. The fourth-order valence-corrected chi connectivity index (χ4v) is 2.91. The minimum atomic E-state index is -0.843. The number of rotatable bonds is 2. The van der Waals surface area contributed by atoms with E-state index in [4.69, 9.17) is 10.5 Å². The van der Waals surface area contributed by atoms with Gasteiger partial charge in [-0.1, -0.05) is 48.5 Å². The average molecular weight is 333 g/mol. The number of methoxy groups -OCH3 is 1. The zero-order valence-electron chi connectivity index (χ0n) is 13.4. The van der Waals surface area contributed by atoms with E-state index in [1.165, 1.54) is 7.11 Å². The molecule has 0 radical (unpaired) electrons. The normalized spacial score (nSPS) is 10.9. The van der Waals surface area contributed by atoms with Gasteiger partial charge >= 0.3 is 6.16 Å². The Balaban J connectivity index is 2.07. The molecule has 25 heavy (non-hydrogen) atoms. The molecular weight excluding hydrogens is 318 g/mol. The number of aromatic nitrogens is 2. The molecule has 0 aliphatic carbocycles. The van der Waals surface area contributed by atoms with Crippen LogP contribution >= 0.6 is 0 Å². The van der Waals surface area contributed by atoms with Crippen molar-refractivity contribution in [1.29, 1.82) is 0 Å². The summed E-state index contributed by atoms with van der Waals surface area (Å²) in [6, 6.07) is 17.1. The summed E-state index contributed by atoms with van der Waals surface area (Å²) in [4.78, 5) is 19.6. The SMILES string of the molecule is COC(=O)Oc1c(-c2ccccc2)nc2[nH]c3ccccc3c2c1N. The number of ether oxygens (including phenoxy) is 2. The second-order valence-corrected chi connectivity index (χ2v) is 5.52. The van der Waals surface area contributed by atoms with Crippen molar-refractivity contribution in [3.8, 4) is 17.0 Å². The van der Waals surface area contributed by atoms with Crippen LogP contribution in [0.3, 0.4) is 0 Å². The van der Waals surface area contributed by atoms with Crippen molar-refractivity contribution < 1.29 is 14.3 Å². The molecule has 2 aromatic heterocycles. The summed E-state index contributed by atoms with van der Waals surface area (Å²) in [5.41, 5.74) is 9.52. The molecule has 6 nitrogen and oxygen atoms in total. The minimum absolute atomic E-state index is 0.190. The van der Waals surface area contributed by atoms with Crippen LogP contribution in [-0.4, -0.2) is 23.2 Å². The Hall–Kier alpha value is -3.54. The third-order valence-corrected chi connectivity index (χ3v) is 4.04. The number of H-pyrrole nitrogens is 1. The second-order valence-electron chi connectivity index (χ2n) is 5.52. The van der Waals surface area contributed by atoms with Crippen LogP contribution in [0.25, 0.3) is 33.2 Å². The number of aromatic amines is 1. The predicted molar refractivity (Wildman–Crippen MR) is 96.5 cm³/mol. The number of nitrogens with zero attached hydrogens (tertiary/aromatic N) is 1. The lowest BCUT2D eigenvalue weighted by molar-refractivity contribution is 0.122. The van der Waals surface area contributed by atoms with E-state index in [1.807, 2.05) is 54.6 Å². The molecule has 2 heterocycles. The fourth-order valence-electron chi connectivity index (χ4n) is 2.91. The lowest BCUT2D eigenvalue weighted by Crippen LogP contribution is -2.10. The van der Waals surface area contributed by atoms with E-state index < -0.39 is 6.16 Å². The molecule has 124 valence electrons. The quantitative estimate of drug-likeness (QED) is 0.539. The molecule has 3 N–H and O–H groups in total. The predicted octanol–water partition coefficient (Wildman–Crippen LogP) is 4.11. The molecule has 0 aliphatic heterocycles. The number of hydrogen-bond acceptors (Lipinski definition) is 5. The number of fused-ring (bicyclic) bond motifs is 3. The Labute approximate surface area is 143 Å². The van der Waals surface area contributed by atoms with E-state index in [1.54, 1.807) is 0 Å². The number of anilines is 1. The van der Waals surface area contributed by atoms with Gasteiger partial charge in [-0.15, -0.1) is 0 Å². The van der Waals surface area contributed by atoms with Gasteiger partial charge in [0, 0.05) is 16.5 Å². The van der Waals surface area contributed by atoms with Crippen LogP contribution in [0.5, 0.6) is 5.75 Å². The molecule has 0 spiro atoms. The average Bonchev–Trinajstić information content (AvgIpc) is 3.03. The topological polar surface area (TPSA) is 90.2 Å². The number of nitrogens with two attached hydrogens (primary N) is 1. The van der Waals surface area contributed by atoms with Gasteiger partial charge in [0.2, 0.25) is 0 Å². The van der Waals surface area contributed by atoms with Crippen molar-refractivity contribution in [2.45, 2.75) is 0 Å². The molecular formula is C19H15N3O3. The van der Waals surface area contributed by atoms with Gasteiger partial charge in [0.15, 0.2) is 5.75 Å². The first kappa shape index (κ1) is 15.0. The Morgan fingerprint density at radius 1 is 1.08 bits per heavy atom. The zero-order valence-corrected chi connectivity index (χ0v) is 13.4. The van der Waals surface area contributed by atoms with Gasteiger partial charge in [0.05, 0.1) is 18.2 Å². The summed E-state index contributed by atoms with van der Waals surface area (Å²) < 4.78 is 9.97. The molecule has 0 bridgehead atoms. The van der Waals surface area contributed by atoms with Gasteiger partial charge in [-0.3, -0.25) is 0 Å². The number of hydrogen-bond donors (Lipinski definition) is 2. The van der Waals surface area contributed by atoms with Gasteiger partial charge in [0.1, 0.15) is 11.3 Å². The largest absolute Gasteiger partial charge is 0.513 e. The van der Waals surface area contributed by atoms with E-state index in [9.17, 15) is 4.79 Å². The van der Waals surface area contributed by atoms with E-state index in [0.717, 1.165) is 16.5 Å². The highest BCUT2D eigenvalue weighted by molar-refractivity contribution is 6.14. The maximum absolute atomic E-state index is 11.7. The van der Waals surface area contributed by atoms with Gasteiger partial charge in [-0.2, -0.15) is 0 Å². The van der Waals surface area contributed by atoms with Crippen LogP contribution in [0.15, 0.2) is 54.6 Å². The first-order valence-corrected chi connectivity index (χ1v) is 7.70. The second kappa shape index (κ2) is 5.83. The van der Waals surface area contributed by atoms with Gasteiger partial charge in [-0.05, 0) is 6.07 Å². The monoisotopic (exact) mass is 333 g/mol. The summed E-state index contributed by atoms with van der Waals surface area (Å²) in [5, 5.41) is 1.63. The van der Waals surface area contributed by atoms with Crippen LogP contribution in [0, 0.1) is 0 Å². The molecule has 0 aliphatic rings. The van der Waals surface area contributed by atoms with Gasteiger partial charge in [-0.25, -0.2) is 9.78 Å². The first-order valence-electron chi connectivity index (χ1n) is 7.70. The molecule has 2 aromatic carbocycles. The van der Waals surface area contributed by atoms with Crippen molar-refractivity contribution in [1.82, 2.24) is 9.97 Å². The maximum atomic E-state index is 11.7. The highest BCUT2D eigenvalue weighted by atomic mass is 16.7. The number of benzene rings is 2. The third kappa shape index (κ3) is 2.44. The third-order valence-electron chi connectivity index (χ3n) is 4.04. The maximum Gasteiger partial charge on any atom is 0.513 e. The van der Waals surface area contributed by atoms with Gasteiger partial charge < -0.3 is 20.2 Å². The van der Waals surface area contributed by atoms with E-state index in [0.29, 0.717) is 22.4 Å². The van der Waals surface area contributed by atoms with Gasteiger partial charge in [0.25, 0.3) is 0 Å². The van der Waals surface area contributed by atoms with Crippen LogP contribution in [0.4, 0.5) is 10.5 Å². The standard InChI is InChI=1S/C19H15N3O3/c1-24-19(23)25-17-15(20)14-12-9-5-6-10-13(12)21-18(14)22-16(17)11-7-3-2-4-8-11/h2-10H,1H3,(H3,20,21,22). The summed E-state index contributed by atoms with van der Waals surface area (Å²) in [5.74, 6) is 0.190. The van der Waals surface area contributed by atoms with Crippen molar-refractivity contribution in [3.05, 3.63) is 54.6 Å². The number of nitrogens with one attached hydrogen (secondary N) is 1. The van der Waals surface area contributed by atoms with E-state index in [-0.39, 0.29) is 5.75 Å².